The number of aromatic nitrogens is 3. The maximum Gasteiger partial charge on any atom is 0.433 e. The van der Waals surface area contributed by atoms with Gasteiger partial charge >= 0.3 is 6.18 Å². The summed E-state index contributed by atoms with van der Waals surface area (Å²) in [5, 5.41) is 7.38. The van der Waals surface area contributed by atoms with Crippen LogP contribution in [0.5, 0.6) is 5.75 Å². The number of nitrogens with zero attached hydrogens (tertiary/aromatic N) is 3. The molecule has 3 N–H and O–H groups in total. The molecule has 0 saturated carbocycles. The van der Waals surface area contributed by atoms with E-state index < -0.39 is 23.7 Å². The van der Waals surface area contributed by atoms with Crippen molar-refractivity contribution >= 4 is 50.7 Å². The summed E-state index contributed by atoms with van der Waals surface area (Å²) >= 11 is 6.82. The molecule has 3 aromatic heterocycles. The van der Waals surface area contributed by atoms with Gasteiger partial charge in [0.15, 0.2) is 12.4 Å². The van der Waals surface area contributed by atoms with Gasteiger partial charge in [0.05, 0.1) is 10.7 Å². The van der Waals surface area contributed by atoms with E-state index in [2.05, 4.69) is 15.4 Å². The average molecular weight is 586 g/mol. The van der Waals surface area contributed by atoms with Crippen molar-refractivity contribution in [3.63, 3.8) is 0 Å². The highest BCUT2D eigenvalue weighted by Gasteiger charge is 2.35. The Morgan fingerprint density at radius 1 is 1.12 bits per heavy atom. The first-order valence-corrected chi connectivity index (χ1v) is 12.8. The number of fused-ring (bicyclic) bond motifs is 1. The van der Waals surface area contributed by atoms with Crippen molar-refractivity contribution < 1.29 is 27.5 Å². The monoisotopic (exact) mass is 585 g/mol. The maximum atomic E-state index is 13.7. The predicted octanol–water partition coefficient (Wildman–Crippen LogP) is 6.53. The summed E-state index contributed by atoms with van der Waals surface area (Å²) in [5.74, 6) is -1.20. The zero-order valence-corrected chi connectivity index (χ0v) is 22.2. The van der Waals surface area contributed by atoms with Crippen LogP contribution in [-0.4, -0.2) is 26.6 Å². The van der Waals surface area contributed by atoms with Gasteiger partial charge < -0.3 is 15.8 Å². The Morgan fingerprint density at radius 2 is 1.88 bits per heavy atom. The topological polar surface area (TPSA) is 112 Å². The van der Waals surface area contributed by atoms with Crippen LogP contribution in [0.3, 0.4) is 0 Å². The molecule has 40 heavy (non-hydrogen) atoms. The third-order valence-electron chi connectivity index (χ3n) is 5.81. The van der Waals surface area contributed by atoms with E-state index in [1.54, 1.807) is 42.5 Å². The fourth-order valence-corrected chi connectivity index (χ4v) is 5.15. The number of amides is 2. The third kappa shape index (κ3) is 5.49. The molecule has 13 heteroatoms. The Kier molecular flexibility index (Phi) is 7.21. The minimum absolute atomic E-state index is 0.0326. The van der Waals surface area contributed by atoms with Crippen LogP contribution in [0.2, 0.25) is 5.02 Å². The smallest absolute Gasteiger partial charge is 0.433 e. The second-order valence-electron chi connectivity index (χ2n) is 8.67. The first kappa shape index (κ1) is 27.2. The summed E-state index contributed by atoms with van der Waals surface area (Å²) in [4.78, 5) is 29.0. The van der Waals surface area contributed by atoms with Crippen LogP contribution in [-0.2, 0) is 12.9 Å². The Morgan fingerprint density at radius 3 is 2.58 bits per heavy atom. The van der Waals surface area contributed by atoms with E-state index >= 15 is 0 Å². The summed E-state index contributed by atoms with van der Waals surface area (Å²) < 4.78 is 48.1. The Bertz CT molecular complexity index is 1750. The van der Waals surface area contributed by atoms with Crippen LogP contribution in [0, 0.1) is 6.92 Å². The maximum absolute atomic E-state index is 13.7. The van der Waals surface area contributed by atoms with E-state index in [1.165, 1.54) is 16.9 Å². The third-order valence-corrected chi connectivity index (χ3v) is 7.22. The van der Waals surface area contributed by atoms with Crippen LogP contribution >= 0.6 is 22.9 Å². The molecule has 0 saturated heterocycles. The number of halogens is 4. The highest BCUT2D eigenvalue weighted by atomic mass is 35.5. The predicted molar refractivity (Wildman–Crippen MR) is 146 cm³/mol. The van der Waals surface area contributed by atoms with Gasteiger partial charge in [0.2, 0.25) is 0 Å². The van der Waals surface area contributed by atoms with E-state index in [1.807, 2.05) is 13.0 Å². The highest BCUT2D eigenvalue weighted by Crippen LogP contribution is 2.43. The Balaban J connectivity index is 1.50. The fourth-order valence-electron chi connectivity index (χ4n) is 3.97. The van der Waals surface area contributed by atoms with Gasteiger partial charge in [0.25, 0.3) is 11.8 Å². The van der Waals surface area contributed by atoms with Crippen molar-refractivity contribution in [2.45, 2.75) is 19.8 Å². The van der Waals surface area contributed by atoms with Crippen LogP contribution in [0.15, 0.2) is 66.9 Å². The molecule has 3 heterocycles. The number of carbonyl (C=O) groups is 2. The van der Waals surface area contributed by atoms with Crippen molar-refractivity contribution in [1.29, 1.82) is 0 Å². The van der Waals surface area contributed by atoms with Crippen molar-refractivity contribution in [2.24, 2.45) is 5.73 Å². The Labute approximate surface area is 234 Å². The number of hydrogen-bond acceptors (Lipinski definition) is 6. The van der Waals surface area contributed by atoms with Crippen molar-refractivity contribution in [1.82, 2.24) is 14.8 Å². The Hall–Kier alpha value is -4.42. The molecule has 0 spiro atoms. The number of ether oxygens (including phenoxy) is 1. The average Bonchev–Trinajstić information content (AvgIpc) is 3.54. The second-order valence-corrected chi connectivity index (χ2v) is 10.1. The van der Waals surface area contributed by atoms with Crippen LogP contribution in [0.1, 0.15) is 31.4 Å². The van der Waals surface area contributed by atoms with Crippen molar-refractivity contribution in [3.05, 3.63) is 93.7 Å². The second kappa shape index (κ2) is 10.6. The number of primary amides is 1. The number of alkyl halides is 3. The molecule has 0 aliphatic rings. The minimum Gasteiger partial charge on any atom is -0.470 e. The number of aryl methyl sites for hydroxylation is 1. The molecule has 2 amide bonds. The number of thiophene rings is 1. The number of anilines is 1. The van der Waals surface area contributed by atoms with Crippen LogP contribution in [0.25, 0.3) is 21.3 Å². The van der Waals surface area contributed by atoms with Gasteiger partial charge in [0.1, 0.15) is 21.2 Å². The molecule has 2 aromatic carbocycles. The van der Waals surface area contributed by atoms with Gasteiger partial charge in [-0.1, -0.05) is 48.0 Å². The standard InChI is InChI=1S/C27H19ClF3N5O3S/c1-14-7-8-17(28)19(11-14)39-13-36-10-9-18(35-36)25(38)34-22-21-16(15-5-3-2-4-6-15)12-20(27(29,30)31)33-26(21)40-23(22)24(32)37/h2-12H,13H2,1H3,(H2,32,37)(H,34,38). The van der Waals surface area contributed by atoms with Gasteiger partial charge in [-0.15, -0.1) is 11.3 Å². The zero-order chi connectivity index (χ0) is 28.6. The van der Waals surface area contributed by atoms with Crippen molar-refractivity contribution in [3.8, 4) is 16.9 Å². The molecule has 5 rings (SSSR count). The largest absolute Gasteiger partial charge is 0.470 e. The number of benzene rings is 2. The quantitative estimate of drug-likeness (QED) is 0.226. The number of carbonyl (C=O) groups excluding carboxylic acids is 2. The lowest BCUT2D eigenvalue weighted by Gasteiger charge is -2.12. The number of hydrogen-bond donors (Lipinski definition) is 2. The van der Waals surface area contributed by atoms with Gasteiger partial charge in [-0.25, -0.2) is 9.67 Å². The number of pyridine rings is 1. The van der Waals surface area contributed by atoms with Crippen molar-refractivity contribution in [2.75, 3.05) is 5.32 Å². The van der Waals surface area contributed by atoms with E-state index in [0.29, 0.717) is 27.7 Å². The fraction of sp³-hybridized carbons (Fsp3) is 0.111. The summed E-state index contributed by atoms with van der Waals surface area (Å²) in [6.07, 6.45) is -3.23. The van der Waals surface area contributed by atoms with Gasteiger partial charge in [0, 0.05) is 11.6 Å². The van der Waals surface area contributed by atoms with E-state index in [9.17, 15) is 22.8 Å². The molecule has 0 radical (unpaired) electrons. The number of nitrogens with one attached hydrogen (secondary N) is 1. The molecule has 5 aromatic rings. The minimum atomic E-state index is -4.74. The van der Waals surface area contributed by atoms with Gasteiger partial charge in [-0.05, 0) is 47.9 Å². The first-order valence-electron chi connectivity index (χ1n) is 11.6. The molecule has 0 fully saturated rings. The lowest BCUT2D eigenvalue weighted by Crippen LogP contribution is -2.18. The molecule has 0 bridgehead atoms. The molecule has 0 atom stereocenters. The van der Waals surface area contributed by atoms with Gasteiger partial charge in [-0.2, -0.15) is 18.3 Å². The highest BCUT2D eigenvalue weighted by molar-refractivity contribution is 7.21. The molecular formula is C27H19ClF3N5O3S. The lowest BCUT2D eigenvalue weighted by atomic mass is 10.0. The first-order chi connectivity index (χ1) is 19.0. The summed E-state index contributed by atoms with van der Waals surface area (Å²) in [6, 6.07) is 15.9. The molecular weight excluding hydrogens is 567 g/mol. The van der Waals surface area contributed by atoms with E-state index in [4.69, 9.17) is 22.1 Å². The number of rotatable bonds is 7. The zero-order valence-electron chi connectivity index (χ0n) is 20.6. The van der Waals surface area contributed by atoms with Crippen LogP contribution in [0.4, 0.5) is 18.9 Å². The summed E-state index contributed by atoms with van der Waals surface area (Å²) in [6.45, 7) is 1.84. The molecule has 8 nitrogen and oxygen atoms in total. The summed E-state index contributed by atoms with van der Waals surface area (Å²) in [7, 11) is 0. The molecule has 204 valence electrons. The van der Waals surface area contributed by atoms with E-state index in [-0.39, 0.29) is 38.8 Å². The SMILES string of the molecule is Cc1ccc(Cl)c(OCn2ccc(C(=O)Nc3c(C(N)=O)sc4nc(C(F)(F)F)cc(-c5ccccc5)c34)n2)c1. The summed E-state index contributed by atoms with van der Waals surface area (Å²) in [5.41, 5.74) is 5.84. The molecule has 0 aliphatic carbocycles. The molecule has 0 aliphatic heterocycles. The molecule has 0 unspecified atom stereocenters. The van der Waals surface area contributed by atoms with Gasteiger partial charge in [-0.3, -0.25) is 9.59 Å². The normalized spacial score (nSPS) is 11.5. The van der Waals surface area contributed by atoms with Crippen LogP contribution < -0.4 is 15.8 Å². The lowest BCUT2D eigenvalue weighted by molar-refractivity contribution is -0.140. The number of nitrogens with two attached hydrogens (primary N) is 1. The van der Waals surface area contributed by atoms with E-state index in [0.717, 1.165) is 11.6 Å².